The molecule has 1 aromatic carbocycles. The maximum Gasteiger partial charge on any atom is 0.329 e. The van der Waals surface area contributed by atoms with Gasteiger partial charge in [-0.1, -0.05) is 30.3 Å². The molecule has 0 fully saturated rings. The molecule has 0 saturated heterocycles. The molecule has 0 atom stereocenters. The lowest BCUT2D eigenvalue weighted by molar-refractivity contribution is 0.761. The Labute approximate surface area is 112 Å². The Morgan fingerprint density at radius 3 is 2.74 bits per heavy atom. The van der Waals surface area contributed by atoms with Crippen LogP contribution in [0.15, 0.2) is 39.9 Å². The first-order valence-electron chi connectivity index (χ1n) is 5.79. The summed E-state index contributed by atoms with van der Waals surface area (Å²) in [7, 11) is 0. The molecule has 6 heteroatoms. The van der Waals surface area contributed by atoms with Gasteiger partial charge < -0.3 is 0 Å². The van der Waals surface area contributed by atoms with E-state index in [1.54, 1.807) is 4.57 Å². The van der Waals surface area contributed by atoms with E-state index in [4.69, 9.17) is 0 Å². The topological polar surface area (TPSA) is 67.8 Å². The van der Waals surface area contributed by atoms with Crippen LogP contribution in [0.5, 0.6) is 0 Å². The number of rotatable bonds is 2. The average molecular weight is 273 g/mol. The molecule has 0 aliphatic rings. The Bertz CT molecular complexity index is 846. The maximum absolute atomic E-state index is 12.0. The predicted octanol–water partition coefficient (Wildman–Crippen LogP) is 1.50. The van der Waals surface area contributed by atoms with Gasteiger partial charge in [0.15, 0.2) is 5.52 Å². The van der Waals surface area contributed by atoms with Crippen LogP contribution < -0.4 is 11.2 Å². The molecule has 19 heavy (non-hydrogen) atoms. The van der Waals surface area contributed by atoms with Crippen molar-refractivity contribution in [2.75, 3.05) is 0 Å². The monoisotopic (exact) mass is 273 g/mol. The highest BCUT2D eigenvalue weighted by molar-refractivity contribution is 7.18. The Hall–Kier alpha value is -2.21. The molecule has 1 N–H and O–H groups in total. The van der Waals surface area contributed by atoms with Gasteiger partial charge in [-0.25, -0.2) is 9.78 Å². The van der Waals surface area contributed by atoms with Crippen LogP contribution in [0.4, 0.5) is 0 Å². The first kappa shape index (κ1) is 11.9. The number of H-pyrrole nitrogens is 1. The standard InChI is InChI=1S/C13H11N3O2S/c1-8-14-10-11(17)15-13(18)16(12(10)19-8)7-9-5-3-2-4-6-9/h2-6H,7H2,1H3,(H,15,17,18). The third-order valence-corrected chi connectivity index (χ3v) is 3.82. The number of aryl methyl sites for hydroxylation is 1. The van der Waals surface area contributed by atoms with E-state index in [2.05, 4.69) is 9.97 Å². The first-order chi connectivity index (χ1) is 9.15. The average Bonchev–Trinajstić information content (AvgIpc) is 2.78. The lowest BCUT2D eigenvalue weighted by Crippen LogP contribution is -2.30. The van der Waals surface area contributed by atoms with E-state index >= 15 is 0 Å². The summed E-state index contributed by atoms with van der Waals surface area (Å²) < 4.78 is 1.55. The highest BCUT2D eigenvalue weighted by Gasteiger charge is 2.12. The van der Waals surface area contributed by atoms with Crippen LogP contribution in [0.3, 0.4) is 0 Å². The van der Waals surface area contributed by atoms with E-state index in [1.165, 1.54) is 11.3 Å². The van der Waals surface area contributed by atoms with Crippen molar-refractivity contribution in [1.82, 2.24) is 14.5 Å². The van der Waals surface area contributed by atoms with Gasteiger partial charge in [0.05, 0.1) is 11.6 Å². The van der Waals surface area contributed by atoms with Crippen molar-refractivity contribution in [2.45, 2.75) is 13.5 Å². The summed E-state index contributed by atoms with van der Waals surface area (Å²) in [6.45, 7) is 2.25. The summed E-state index contributed by atoms with van der Waals surface area (Å²) in [6, 6.07) is 9.64. The van der Waals surface area contributed by atoms with Crippen molar-refractivity contribution in [1.29, 1.82) is 0 Å². The zero-order valence-corrected chi connectivity index (χ0v) is 11.0. The van der Waals surface area contributed by atoms with Crippen molar-refractivity contribution in [3.05, 3.63) is 61.7 Å². The number of fused-ring (bicyclic) bond motifs is 1. The molecular formula is C13H11N3O2S. The van der Waals surface area contributed by atoms with Crippen LogP contribution in [0, 0.1) is 6.92 Å². The summed E-state index contributed by atoms with van der Waals surface area (Å²) in [4.78, 5) is 30.7. The van der Waals surface area contributed by atoms with Gasteiger partial charge in [0.1, 0.15) is 4.83 Å². The third-order valence-electron chi connectivity index (χ3n) is 2.83. The van der Waals surface area contributed by atoms with Crippen molar-refractivity contribution < 1.29 is 0 Å². The summed E-state index contributed by atoms with van der Waals surface area (Å²) >= 11 is 1.36. The quantitative estimate of drug-likeness (QED) is 0.769. The molecule has 5 nitrogen and oxygen atoms in total. The van der Waals surface area contributed by atoms with Gasteiger partial charge >= 0.3 is 5.69 Å². The third kappa shape index (κ3) is 2.10. The van der Waals surface area contributed by atoms with E-state index < -0.39 is 11.2 Å². The minimum absolute atomic E-state index is 0.332. The van der Waals surface area contributed by atoms with Crippen LogP contribution in [-0.4, -0.2) is 14.5 Å². The zero-order valence-electron chi connectivity index (χ0n) is 10.2. The zero-order chi connectivity index (χ0) is 13.4. The number of hydrogen-bond acceptors (Lipinski definition) is 4. The van der Waals surface area contributed by atoms with Crippen LogP contribution in [0.25, 0.3) is 10.3 Å². The summed E-state index contributed by atoms with van der Waals surface area (Å²) in [5, 5.41) is 0.771. The second kappa shape index (κ2) is 4.47. The summed E-state index contributed by atoms with van der Waals surface area (Å²) in [6.07, 6.45) is 0. The molecule has 0 amide bonds. The van der Waals surface area contributed by atoms with Crippen LogP contribution in [0.1, 0.15) is 10.6 Å². The number of nitrogens with one attached hydrogen (secondary N) is 1. The molecule has 3 rings (SSSR count). The number of thiazole rings is 1. The Morgan fingerprint density at radius 1 is 1.26 bits per heavy atom. The van der Waals surface area contributed by atoms with Gasteiger partial charge in [0, 0.05) is 0 Å². The number of nitrogens with zero attached hydrogens (tertiary/aromatic N) is 2. The van der Waals surface area contributed by atoms with Gasteiger partial charge in [-0.15, -0.1) is 11.3 Å². The van der Waals surface area contributed by atoms with E-state index in [0.29, 0.717) is 16.9 Å². The van der Waals surface area contributed by atoms with Gasteiger partial charge in [-0.2, -0.15) is 0 Å². The molecule has 0 saturated carbocycles. The smallest absolute Gasteiger partial charge is 0.279 e. The Balaban J connectivity index is 2.23. The highest BCUT2D eigenvalue weighted by Crippen LogP contribution is 2.17. The minimum Gasteiger partial charge on any atom is -0.279 e. The molecule has 2 aromatic heterocycles. The second-order valence-electron chi connectivity index (χ2n) is 4.22. The largest absolute Gasteiger partial charge is 0.329 e. The van der Waals surface area contributed by atoms with E-state index in [-0.39, 0.29) is 0 Å². The van der Waals surface area contributed by atoms with Crippen LogP contribution >= 0.6 is 11.3 Å². The fraction of sp³-hybridized carbons (Fsp3) is 0.154. The summed E-state index contributed by atoms with van der Waals surface area (Å²) in [5.74, 6) is 0. The first-order valence-corrected chi connectivity index (χ1v) is 6.61. The molecule has 0 radical (unpaired) electrons. The van der Waals surface area contributed by atoms with Crippen molar-refractivity contribution in [3.63, 3.8) is 0 Å². The minimum atomic E-state index is -0.423. The van der Waals surface area contributed by atoms with E-state index in [0.717, 1.165) is 10.6 Å². The number of hydrogen-bond donors (Lipinski definition) is 1. The highest BCUT2D eigenvalue weighted by atomic mass is 32.1. The fourth-order valence-electron chi connectivity index (χ4n) is 1.97. The SMILES string of the molecule is Cc1nc2c(=O)[nH]c(=O)n(Cc3ccccc3)c2s1. The van der Waals surface area contributed by atoms with Gasteiger partial charge in [-0.3, -0.25) is 14.3 Å². The molecule has 2 heterocycles. The molecule has 0 unspecified atom stereocenters. The Kier molecular flexibility index (Phi) is 2.79. The van der Waals surface area contributed by atoms with Gasteiger partial charge in [0.25, 0.3) is 5.56 Å². The molecule has 0 aliphatic carbocycles. The van der Waals surface area contributed by atoms with Gasteiger partial charge in [0.2, 0.25) is 0 Å². The van der Waals surface area contributed by atoms with E-state index in [1.807, 2.05) is 37.3 Å². The lowest BCUT2D eigenvalue weighted by atomic mass is 10.2. The number of aromatic nitrogens is 3. The predicted molar refractivity (Wildman–Crippen MR) is 74.8 cm³/mol. The molecule has 0 bridgehead atoms. The van der Waals surface area contributed by atoms with Crippen LogP contribution in [-0.2, 0) is 6.54 Å². The summed E-state index contributed by atoms with van der Waals surface area (Å²) in [5.41, 5.74) is 0.515. The molecule has 0 spiro atoms. The molecule has 96 valence electrons. The number of aromatic amines is 1. The fourth-order valence-corrected chi connectivity index (χ4v) is 2.88. The second-order valence-corrected chi connectivity index (χ2v) is 5.40. The Morgan fingerprint density at radius 2 is 2.00 bits per heavy atom. The molecule has 3 aromatic rings. The number of benzene rings is 1. The van der Waals surface area contributed by atoms with Crippen LogP contribution in [0.2, 0.25) is 0 Å². The van der Waals surface area contributed by atoms with Crippen molar-refractivity contribution in [2.24, 2.45) is 0 Å². The molecular weight excluding hydrogens is 262 g/mol. The molecule has 0 aliphatic heterocycles. The van der Waals surface area contributed by atoms with Crippen molar-refractivity contribution in [3.8, 4) is 0 Å². The lowest BCUT2D eigenvalue weighted by Gasteiger charge is -2.05. The van der Waals surface area contributed by atoms with E-state index in [9.17, 15) is 9.59 Å². The van der Waals surface area contributed by atoms with Gasteiger partial charge in [-0.05, 0) is 12.5 Å². The maximum atomic E-state index is 12.0. The normalized spacial score (nSPS) is 11.0. The van der Waals surface area contributed by atoms with Crippen molar-refractivity contribution >= 4 is 21.7 Å².